The molecule has 0 fully saturated rings. The predicted molar refractivity (Wildman–Crippen MR) is 122 cm³/mol. The Labute approximate surface area is 199 Å². The van der Waals surface area contributed by atoms with Crippen LogP contribution in [0.3, 0.4) is 0 Å². The number of benzene rings is 2. The highest BCUT2D eigenvalue weighted by molar-refractivity contribution is 7.99. The van der Waals surface area contributed by atoms with Gasteiger partial charge in [-0.05, 0) is 24.3 Å². The van der Waals surface area contributed by atoms with Gasteiger partial charge in [-0.3, -0.25) is 14.2 Å². The van der Waals surface area contributed by atoms with Gasteiger partial charge in [-0.2, -0.15) is 0 Å². The maximum Gasteiger partial charge on any atom is 0.325 e. The van der Waals surface area contributed by atoms with E-state index in [0.717, 1.165) is 11.8 Å². The average molecular weight is 491 g/mol. The normalized spacial score (nSPS) is 10.5. The van der Waals surface area contributed by atoms with Gasteiger partial charge in [0.05, 0.1) is 39.9 Å². The van der Waals surface area contributed by atoms with Crippen LogP contribution in [0.25, 0.3) is 17.1 Å². The van der Waals surface area contributed by atoms with E-state index >= 15 is 0 Å². The minimum absolute atomic E-state index is 0.0845. The largest absolute Gasteiger partial charge is 0.493 e. The van der Waals surface area contributed by atoms with Crippen LogP contribution in [0.4, 0.5) is 4.39 Å². The number of rotatable bonds is 10. The molecule has 0 spiro atoms. The Hall–Kier alpha value is -3.80. The number of thioether (sulfide) groups is 1. The fraction of sp³-hybridized carbons (Fsp3) is 0.273. The SMILES string of the molecule is COC(=O)CNC(=O)CSc1nnc(-c2cc(OC)c(OC)c(OC)c2)n1-c1ccccc1F. The Kier molecular flexibility index (Phi) is 8.30. The molecule has 0 bridgehead atoms. The first-order valence-corrected chi connectivity index (χ1v) is 10.9. The predicted octanol–water partition coefficient (Wildman–Crippen LogP) is 2.48. The van der Waals surface area contributed by atoms with Gasteiger partial charge in [0, 0.05) is 5.56 Å². The molecule has 12 heteroatoms. The molecule has 0 aliphatic rings. The molecule has 0 aliphatic carbocycles. The molecular weight excluding hydrogens is 467 g/mol. The number of para-hydroxylation sites is 1. The second kappa shape index (κ2) is 11.4. The lowest BCUT2D eigenvalue weighted by molar-refractivity contribution is -0.140. The van der Waals surface area contributed by atoms with Crippen molar-refractivity contribution in [2.24, 2.45) is 0 Å². The van der Waals surface area contributed by atoms with Crippen LogP contribution < -0.4 is 19.5 Å². The van der Waals surface area contributed by atoms with Crippen LogP contribution in [0.5, 0.6) is 17.2 Å². The molecule has 3 rings (SSSR count). The van der Waals surface area contributed by atoms with Crippen LogP contribution in [-0.4, -0.2) is 67.4 Å². The number of carbonyl (C=O) groups is 2. The van der Waals surface area contributed by atoms with Crippen molar-refractivity contribution in [1.29, 1.82) is 0 Å². The van der Waals surface area contributed by atoms with Crippen molar-refractivity contribution in [1.82, 2.24) is 20.1 Å². The quantitative estimate of drug-likeness (QED) is 0.338. The molecule has 0 atom stereocenters. The van der Waals surface area contributed by atoms with E-state index in [4.69, 9.17) is 14.2 Å². The summed E-state index contributed by atoms with van der Waals surface area (Å²) in [5.41, 5.74) is 0.709. The Morgan fingerprint density at radius 1 is 1.03 bits per heavy atom. The Morgan fingerprint density at radius 2 is 1.71 bits per heavy atom. The second-order valence-electron chi connectivity index (χ2n) is 6.65. The number of amides is 1. The monoisotopic (exact) mass is 490 g/mol. The molecule has 1 heterocycles. The molecule has 0 saturated heterocycles. The molecular formula is C22H23FN4O6S. The lowest BCUT2D eigenvalue weighted by Crippen LogP contribution is -2.31. The van der Waals surface area contributed by atoms with E-state index in [0.29, 0.717) is 28.6 Å². The van der Waals surface area contributed by atoms with Crippen LogP contribution in [0.2, 0.25) is 0 Å². The first-order valence-electron chi connectivity index (χ1n) is 9.90. The third-order valence-corrected chi connectivity index (χ3v) is 5.57. The Bertz CT molecular complexity index is 1160. The third-order valence-electron chi connectivity index (χ3n) is 4.64. The van der Waals surface area contributed by atoms with E-state index in [1.807, 2.05) is 0 Å². The van der Waals surface area contributed by atoms with Crippen LogP contribution >= 0.6 is 11.8 Å². The fourth-order valence-electron chi connectivity index (χ4n) is 3.03. The first-order chi connectivity index (χ1) is 16.4. The zero-order chi connectivity index (χ0) is 24.7. The molecule has 2 aromatic carbocycles. The summed E-state index contributed by atoms with van der Waals surface area (Å²) >= 11 is 1.03. The van der Waals surface area contributed by atoms with Crippen LogP contribution in [-0.2, 0) is 14.3 Å². The molecule has 0 radical (unpaired) electrons. The van der Waals surface area contributed by atoms with Gasteiger partial charge in [0.15, 0.2) is 22.5 Å². The number of esters is 1. The molecule has 3 aromatic rings. The summed E-state index contributed by atoms with van der Waals surface area (Å²) in [4.78, 5) is 23.4. The number of nitrogens with one attached hydrogen (secondary N) is 1. The number of hydrogen-bond acceptors (Lipinski definition) is 9. The number of ether oxygens (including phenoxy) is 4. The lowest BCUT2D eigenvalue weighted by Gasteiger charge is -2.15. The van der Waals surface area contributed by atoms with Gasteiger partial charge in [0.1, 0.15) is 12.4 Å². The summed E-state index contributed by atoms with van der Waals surface area (Å²) < 4.78 is 37.0. The first kappa shape index (κ1) is 24.8. The van der Waals surface area contributed by atoms with E-state index in [9.17, 15) is 14.0 Å². The van der Waals surface area contributed by atoms with Crippen LogP contribution in [0.15, 0.2) is 41.6 Å². The highest BCUT2D eigenvalue weighted by atomic mass is 32.2. The van der Waals surface area contributed by atoms with Gasteiger partial charge < -0.3 is 24.3 Å². The topological polar surface area (TPSA) is 114 Å². The van der Waals surface area contributed by atoms with Crippen molar-refractivity contribution in [3.63, 3.8) is 0 Å². The van der Waals surface area contributed by atoms with Crippen molar-refractivity contribution in [3.8, 4) is 34.3 Å². The lowest BCUT2D eigenvalue weighted by atomic mass is 10.1. The Morgan fingerprint density at radius 3 is 2.29 bits per heavy atom. The molecule has 0 aliphatic heterocycles. The van der Waals surface area contributed by atoms with Crippen molar-refractivity contribution in [2.75, 3.05) is 40.7 Å². The molecule has 0 unspecified atom stereocenters. The van der Waals surface area contributed by atoms with Crippen LogP contribution in [0, 0.1) is 5.82 Å². The molecule has 0 saturated carbocycles. The molecule has 1 aromatic heterocycles. The zero-order valence-corrected chi connectivity index (χ0v) is 19.8. The summed E-state index contributed by atoms with van der Waals surface area (Å²) in [5.74, 6) is -0.130. The summed E-state index contributed by atoms with van der Waals surface area (Å²) in [7, 11) is 5.68. The van der Waals surface area contributed by atoms with E-state index < -0.39 is 17.7 Å². The summed E-state index contributed by atoms with van der Waals surface area (Å²) in [6.45, 7) is -0.257. The highest BCUT2D eigenvalue weighted by Gasteiger charge is 2.22. The smallest absolute Gasteiger partial charge is 0.325 e. The van der Waals surface area contributed by atoms with E-state index in [2.05, 4.69) is 20.3 Å². The van der Waals surface area contributed by atoms with Gasteiger partial charge in [0.2, 0.25) is 11.7 Å². The van der Waals surface area contributed by atoms with Gasteiger partial charge in [-0.15, -0.1) is 10.2 Å². The van der Waals surface area contributed by atoms with Crippen LogP contribution in [0.1, 0.15) is 0 Å². The molecule has 1 N–H and O–H groups in total. The van der Waals surface area contributed by atoms with E-state index in [1.165, 1.54) is 39.1 Å². The minimum Gasteiger partial charge on any atom is -0.493 e. The van der Waals surface area contributed by atoms with Crippen molar-refractivity contribution < 1.29 is 32.9 Å². The zero-order valence-electron chi connectivity index (χ0n) is 19.0. The van der Waals surface area contributed by atoms with Gasteiger partial charge >= 0.3 is 5.97 Å². The summed E-state index contributed by atoms with van der Waals surface area (Å²) in [6.07, 6.45) is 0. The van der Waals surface area contributed by atoms with Crippen molar-refractivity contribution >= 4 is 23.6 Å². The molecule has 34 heavy (non-hydrogen) atoms. The molecule has 1 amide bonds. The molecule has 180 valence electrons. The number of carbonyl (C=O) groups excluding carboxylic acids is 2. The van der Waals surface area contributed by atoms with Gasteiger partial charge in [0.25, 0.3) is 0 Å². The second-order valence-corrected chi connectivity index (χ2v) is 7.59. The Balaban J connectivity index is 2.03. The number of hydrogen-bond donors (Lipinski definition) is 1. The minimum atomic E-state index is -0.572. The number of nitrogens with zero attached hydrogens (tertiary/aromatic N) is 3. The van der Waals surface area contributed by atoms with E-state index in [1.54, 1.807) is 30.3 Å². The van der Waals surface area contributed by atoms with Crippen molar-refractivity contribution in [3.05, 3.63) is 42.2 Å². The fourth-order valence-corrected chi connectivity index (χ4v) is 3.81. The number of halogens is 1. The maximum absolute atomic E-state index is 14.8. The molecule has 10 nitrogen and oxygen atoms in total. The van der Waals surface area contributed by atoms with E-state index in [-0.39, 0.29) is 23.1 Å². The maximum atomic E-state index is 14.8. The average Bonchev–Trinajstić information content (AvgIpc) is 3.28. The van der Waals surface area contributed by atoms with Crippen molar-refractivity contribution in [2.45, 2.75) is 5.16 Å². The summed E-state index contributed by atoms with van der Waals surface area (Å²) in [6, 6.07) is 9.46. The standard InChI is InChI=1S/C22H23FN4O6S/c1-30-16-9-13(10-17(31-2)20(16)33-4)21-25-26-22(27(21)15-8-6-5-7-14(15)23)34-12-18(28)24-11-19(29)32-3/h5-10H,11-12H2,1-4H3,(H,24,28). The highest BCUT2D eigenvalue weighted by Crippen LogP contribution is 2.41. The summed E-state index contributed by atoms with van der Waals surface area (Å²) in [5, 5.41) is 11.1. The van der Waals surface area contributed by atoms with Gasteiger partial charge in [-0.1, -0.05) is 23.9 Å². The third kappa shape index (κ3) is 5.39. The number of methoxy groups -OCH3 is 4. The van der Waals surface area contributed by atoms with Gasteiger partial charge in [-0.25, -0.2) is 4.39 Å². The number of aromatic nitrogens is 3.